The van der Waals surface area contributed by atoms with Crippen molar-refractivity contribution in [2.45, 2.75) is 19.9 Å². The average molecular weight is 307 g/mol. The lowest BCUT2D eigenvalue weighted by atomic mass is 10.1. The van der Waals surface area contributed by atoms with E-state index in [1.165, 1.54) is 0 Å². The minimum atomic E-state index is 0.158. The molecule has 0 radical (unpaired) electrons. The Morgan fingerprint density at radius 1 is 1.33 bits per heavy atom. The minimum absolute atomic E-state index is 0.158. The molecule has 0 bridgehead atoms. The minimum Gasteiger partial charge on any atom is -0.334 e. The van der Waals surface area contributed by atoms with Gasteiger partial charge in [0, 0.05) is 36.8 Å². The highest BCUT2D eigenvalue weighted by atomic mass is 35.5. The largest absolute Gasteiger partial charge is 0.334 e. The lowest BCUT2D eigenvalue weighted by Gasteiger charge is -2.30. The molecule has 0 saturated carbocycles. The lowest BCUT2D eigenvalue weighted by Crippen LogP contribution is -2.44. The highest BCUT2D eigenvalue weighted by molar-refractivity contribution is 6.31. The summed E-state index contributed by atoms with van der Waals surface area (Å²) in [6.07, 6.45) is 0. The molecule has 0 spiro atoms. The second-order valence-electron chi connectivity index (χ2n) is 5.38. The van der Waals surface area contributed by atoms with Crippen LogP contribution in [-0.4, -0.2) is 41.2 Å². The fourth-order valence-corrected chi connectivity index (χ4v) is 2.66. The highest BCUT2D eigenvalue weighted by Crippen LogP contribution is 2.26. The van der Waals surface area contributed by atoms with Crippen molar-refractivity contribution < 1.29 is 4.52 Å². The van der Waals surface area contributed by atoms with Gasteiger partial charge in [-0.15, -0.1) is 0 Å². The van der Waals surface area contributed by atoms with Crippen molar-refractivity contribution in [2.75, 3.05) is 26.2 Å². The zero-order valence-electron chi connectivity index (χ0n) is 12.3. The third kappa shape index (κ3) is 3.10. The molecule has 0 amide bonds. The maximum atomic E-state index is 6.15. The van der Waals surface area contributed by atoms with Crippen LogP contribution in [-0.2, 0) is 0 Å². The van der Waals surface area contributed by atoms with Gasteiger partial charge in [-0.2, -0.15) is 4.98 Å². The molecule has 2 aromatic rings. The Hall–Kier alpha value is -1.43. The summed E-state index contributed by atoms with van der Waals surface area (Å²) in [6, 6.07) is 5.93. The van der Waals surface area contributed by atoms with Crippen molar-refractivity contribution in [3.05, 3.63) is 34.6 Å². The van der Waals surface area contributed by atoms with Crippen LogP contribution in [0.1, 0.15) is 24.4 Å². The number of nitrogens with one attached hydrogen (secondary N) is 1. The Bertz CT molecular complexity index is 622. The first-order valence-corrected chi connectivity index (χ1v) is 7.58. The predicted molar refractivity (Wildman–Crippen MR) is 82.3 cm³/mol. The van der Waals surface area contributed by atoms with Gasteiger partial charge in [0.1, 0.15) is 0 Å². The number of aryl methyl sites for hydroxylation is 1. The standard InChI is InChI=1S/C15H19ClN4O/c1-10-3-4-12(9-13(10)16)15-18-14(19-21-15)11(2)20-7-5-17-6-8-20/h3-4,9,11,17H,5-8H2,1-2H3. The molecule has 1 aromatic carbocycles. The monoisotopic (exact) mass is 306 g/mol. The van der Waals surface area contributed by atoms with Crippen LogP contribution in [0.5, 0.6) is 0 Å². The second-order valence-corrected chi connectivity index (χ2v) is 5.79. The first kappa shape index (κ1) is 14.5. The third-order valence-corrected chi connectivity index (χ3v) is 4.34. The molecule has 2 heterocycles. The molecular formula is C15H19ClN4O. The van der Waals surface area contributed by atoms with Gasteiger partial charge >= 0.3 is 0 Å². The molecule has 0 aliphatic carbocycles. The molecule has 5 nitrogen and oxygen atoms in total. The normalized spacial score (nSPS) is 17.9. The van der Waals surface area contributed by atoms with E-state index < -0.39 is 0 Å². The van der Waals surface area contributed by atoms with E-state index in [0.717, 1.165) is 43.1 Å². The summed E-state index contributed by atoms with van der Waals surface area (Å²) >= 11 is 6.15. The number of rotatable bonds is 3. The van der Waals surface area contributed by atoms with Gasteiger partial charge in [0.15, 0.2) is 5.82 Å². The molecule has 1 unspecified atom stereocenters. The van der Waals surface area contributed by atoms with Crippen molar-refractivity contribution in [3.63, 3.8) is 0 Å². The van der Waals surface area contributed by atoms with Gasteiger partial charge in [0.25, 0.3) is 5.89 Å². The van der Waals surface area contributed by atoms with E-state index in [0.29, 0.717) is 10.9 Å². The van der Waals surface area contributed by atoms with Gasteiger partial charge in [-0.05, 0) is 31.5 Å². The number of halogens is 1. The maximum absolute atomic E-state index is 6.15. The fraction of sp³-hybridized carbons (Fsp3) is 0.467. The van der Waals surface area contributed by atoms with E-state index in [2.05, 4.69) is 27.3 Å². The summed E-state index contributed by atoms with van der Waals surface area (Å²) in [5, 5.41) is 8.18. The van der Waals surface area contributed by atoms with Gasteiger partial charge < -0.3 is 9.84 Å². The number of piperazine rings is 1. The van der Waals surface area contributed by atoms with Crippen LogP contribution in [0.2, 0.25) is 5.02 Å². The smallest absolute Gasteiger partial charge is 0.258 e. The van der Waals surface area contributed by atoms with Crippen molar-refractivity contribution in [1.82, 2.24) is 20.4 Å². The van der Waals surface area contributed by atoms with Crippen LogP contribution in [0.25, 0.3) is 11.5 Å². The summed E-state index contributed by atoms with van der Waals surface area (Å²) in [5.41, 5.74) is 1.89. The number of benzene rings is 1. The van der Waals surface area contributed by atoms with E-state index in [1.807, 2.05) is 25.1 Å². The maximum Gasteiger partial charge on any atom is 0.258 e. The van der Waals surface area contributed by atoms with E-state index in [9.17, 15) is 0 Å². The number of nitrogens with zero attached hydrogens (tertiary/aromatic N) is 3. The Morgan fingerprint density at radius 2 is 2.10 bits per heavy atom. The van der Waals surface area contributed by atoms with Crippen LogP contribution in [0.3, 0.4) is 0 Å². The first-order chi connectivity index (χ1) is 10.1. The first-order valence-electron chi connectivity index (χ1n) is 7.20. The highest BCUT2D eigenvalue weighted by Gasteiger charge is 2.22. The third-order valence-electron chi connectivity index (χ3n) is 3.93. The van der Waals surface area contributed by atoms with Crippen molar-refractivity contribution in [1.29, 1.82) is 0 Å². The Kier molecular flexibility index (Phi) is 4.24. The van der Waals surface area contributed by atoms with Gasteiger partial charge in [0.05, 0.1) is 6.04 Å². The van der Waals surface area contributed by atoms with Crippen molar-refractivity contribution in [2.24, 2.45) is 0 Å². The van der Waals surface area contributed by atoms with Crippen LogP contribution >= 0.6 is 11.6 Å². The Balaban J connectivity index is 1.80. The summed E-state index contributed by atoms with van der Waals surface area (Å²) in [5.74, 6) is 1.25. The van der Waals surface area contributed by atoms with Gasteiger partial charge in [-0.25, -0.2) is 0 Å². The summed E-state index contributed by atoms with van der Waals surface area (Å²) in [7, 11) is 0. The molecule has 1 N–H and O–H groups in total. The lowest BCUT2D eigenvalue weighted by molar-refractivity contribution is 0.176. The zero-order chi connectivity index (χ0) is 14.8. The summed E-state index contributed by atoms with van der Waals surface area (Å²) in [4.78, 5) is 6.88. The molecule has 1 atom stereocenters. The van der Waals surface area contributed by atoms with E-state index in [1.54, 1.807) is 0 Å². The molecule has 1 aliphatic heterocycles. The molecule has 112 valence electrons. The topological polar surface area (TPSA) is 54.2 Å². The number of aromatic nitrogens is 2. The van der Waals surface area contributed by atoms with Crippen LogP contribution < -0.4 is 5.32 Å². The van der Waals surface area contributed by atoms with Crippen molar-refractivity contribution in [3.8, 4) is 11.5 Å². The molecule has 1 aliphatic rings. The van der Waals surface area contributed by atoms with E-state index in [4.69, 9.17) is 16.1 Å². The molecule has 21 heavy (non-hydrogen) atoms. The van der Waals surface area contributed by atoms with Gasteiger partial charge in [-0.1, -0.05) is 22.8 Å². The quantitative estimate of drug-likeness (QED) is 0.945. The molecule has 6 heteroatoms. The predicted octanol–water partition coefficient (Wildman–Crippen LogP) is 2.66. The average Bonchev–Trinajstić information content (AvgIpc) is 3.00. The Labute approximate surface area is 129 Å². The molecule has 1 fully saturated rings. The number of hydrogen-bond donors (Lipinski definition) is 1. The fourth-order valence-electron chi connectivity index (χ4n) is 2.48. The Morgan fingerprint density at radius 3 is 2.81 bits per heavy atom. The van der Waals surface area contributed by atoms with Gasteiger partial charge in [0.2, 0.25) is 0 Å². The summed E-state index contributed by atoms with van der Waals surface area (Å²) < 4.78 is 5.40. The summed E-state index contributed by atoms with van der Waals surface area (Å²) in [6.45, 7) is 8.09. The van der Waals surface area contributed by atoms with Gasteiger partial charge in [-0.3, -0.25) is 4.90 Å². The number of hydrogen-bond acceptors (Lipinski definition) is 5. The molecule has 1 saturated heterocycles. The van der Waals surface area contributed by atoms with E-state index >= 15 is 0 Å². The molecule has 3 rings (SSSR count). The molecule has 1 aromatic heterocycles. The van der Waals surface area contributed by atoms with Crippen LogP contribution in [0, 0.1) is 6.92 Å². The SMILES string of the molecule is Cc1ccc(-c2nc(C(C)N3CCNCC3)no2)cc1Cl. The van der Waals surface area contributed by atoms with Crippen LogP contribution in [0.4, 0.5) is 0 Å². The van der Waals surface area contributed by atoms with E-state index in [-0.39, 0.29) is 6.04 Å². The zero-order valence-corrected chi connectivity index (χ0v) is 13.0. The van der Waals surface area contributed by atoms with Crippen molar-refractivity contribution >= 4 is 11.6 Å². The molecular weight excluding hydrogens is 288 g/mol. The van der Waals surface area contributed by atoms with Crippen LogP contribution in [0.15, 0.2) is 22.7 Å². The second kappa shape index (κ2) is 6.13.